The standard InChI is InChI=1S/C14H19ClN4.ClH/c1-10-8-19(6-5-16-10)9-14-17-12-4-3-11(15)7-13(12)18(14)2;/h3-4,7,10,16H,5-6,8-9H2,1-2H3;1H/t10-;/m0./s1. The van der Waals surface area contributed by atoms with Crippen LogP contribution in [0.3, 0.4) is 0 Å². The van der Waals surface area contributed by atoms with Gasteiger partial charge in [0.2, 0.25) is 0 Å². The molecule has 1 aliphatic rings. The van der Waals surface area contributed by atoms with E-state index in [1.807, 2.05) is 18.2 Å². The molecule has 0 radical (unpaired) electrons. The van der Waals surface area contributed by atoms with Gasteiger partial charge in [0.1, 0.15) is 5.82 Å². The summed E-state index contributed by atoms with van der Waals surface area (Å²) in [6.45, 7) is 6.32. The van der Waals surface area contributed by atoms with E-state index in [1.165, 1.54) is 0 Å². The van der Waals surface area contributed by atoms with E-state index in [9.17, 15) is 0 Å². The van der Waals surface area contributed by atoms with E-state index >= 15 is 0 Å². The molecule has 1 aliphatic heterocycles. The average molecular weight is 315 g/mol. The largest absolute Gasteiger partial charge is 0.330 e. The summed E-state index contributed by atoms with van der Waals surface area (Å²) in [7, 11) is 2.06. The Bertz CT molecular complexity index is 596. The highest BCUT2D eigenvalue weighted by atomic mass is 35.5. The predicted octanol–water partition coefficient (Wildman–Crippen LogP) is 2.44. The quantitative estimate of drug-likeness (QED) is 0.924. The number of nitrogens with one attached hydrogen (secondary N) is 1. The number of aromatic nitrogens is 2. The molecule has 3 rings (SSSR count). The molecule has 2 aromatic rings. The third-order valence-corrected chi connectivity index (χ3v) is 3.99. The van der Waals surface area contributed by atoms with Crippen molar-refractivity contribution >= 4 is 35.0 Å². The summed E-state index contributed by atoms with van der Waals surface area (Å²) in [6, 6.07) is 6.42. The van der Waals surface area contributed by atoms with Crippen LogP contribution in [-0.2, 0) is 13.6 Å². The fourth-order valence-electron chi connectivity index (χ4n) is 2.71. The number of rotatable bonds is 2. The number of benzene rings is 1. The molecule has 6 heteroatoms. The van der Waals surface area contributed by atoms with Crippen molar-refractivity contribution in [2.75, 3.05) is 19.6 Å². The number of imidazole rings is 1. The van der Waals surface area contributed by atoms with Crippen molar-refractivity contribution in [2.45, 2.75) is 19.5 Å². The number of hydrogen-bond acceptors (Lipinski definition) is 3. The SMILES string of the molecule is C[C@H]1CN(Cc2nc3ccc(Cl)cc3n2C)CCN1.Cl. The van der Waals surface area contributed by atoms with E-state index < -0.39 is 0 Å². The first-order valence-electron chi connectivity index (χ1n) is 6.70. The van der Waals surface area contributed by atoms with Gasteiger partial charge in [0.25, 0.3) is 0 Å². The summed E-state index contributed by atoms with van der Waals surface area (Å²) < 4.78 is 2.15. The van der Waals surface area contributed by atoms with Gasteiger partial charge in [-0.05, 0) is 25.1 Å². The molecule has 0 bridgehead atoms. The van der Waals surface area contributed by atoms with E-state index in [2.05, 4.69) is 28.8 Å². The zero-order valence-corrected chi connectivity index (χ0v) is 13.3. The van der Waals surface area contributed by atoms with Crippen molar-refractivity contribution in [3.05, 3.63) is 29.0 Å². The molecule has 1 saturated heterocycles. The number of aryl methyl sites for hydroxylation is 1. The minimum atomic E-state index is 0. The van der Waals surface area contributed by atoms with Gasteiger partial charge in [-0.1, -0.05) is 11.6 Å². The minimum absolute atomic E-state index is 0. The molecule has 0 unspecified atom stereocenters. The molecule has 1 atom stereocenters. The molecular weight excluding hydrogens is 295 g/mol. The zero-order chi connectivity index (χ0) is 13.4. The molecule has 1 aromatic carbocycles. The Morgan fingerprint density at radius 2 is 2.25 bits per heavy atom. The van der Waals surface area contributed by atoms with Gasteiger partial charge in [0.15, 0.2) is 0 Å². The normalized spacial score (nSPS) is 20.1. The Morgan fingerprint density at radius 3 is 3.00 bits per heavy atom. The molecule has 2 heterocycles. The van der Waals surface area contributed by atoms with Crippen molar-refractivity contribution in [1.29, 1.82) is 0 Å². The third kappa shape index (κ3) is 3.09. The number of piperazine rings is 1. The van der Waals surface area contributed by atoms with E-state index in [1.54, 1.807) is 0 Å². The van der Waals surface area contributed by atoms with Gasteiger partial charge < -0.3 is 9.88 Å². The molecule has 0 aliphatic carbocycles. The molecule has 20 heavy (non-hydrogen) atoms. The van der Waals surface area contributed by atoms with Crippen LogP contribution in [0, 0.1) is 0 Å². The Morgan fingerprint density at radius 1 is 1.45 bits per heavy atom. The van der Waals surface area contributed by atoms with Gasteiger partial charge in [-0.2, -0.15) is 0 Å². The maximum absolute atomic E-state index is 6.05. The molecule has 4 nitrogen and oxygen atoms in total. The Hall–Kier alpha value is -0.810. The summed E-state index contributed by atoms with van der Waals surface area (Å²) in [5.41, 5.74) is 2.12. The van der Waals surface area contributed by atoms with E-state index in [0.717, 1.165) is 48.1 Å². The second-order valence-corrected chi connectivity index (χ2v) is 5.75. The van der Waals surface area contributed by atoms with Crippen LogP contribution in [0.1, 0.15) is 12.7 Å². The third-order valence-electron chi connectivity index (χ3n) is 3.75. The second-order valence-electron chi connectivity index (χ2n) is 5.31. The lowest BCUT2D eigenvalue weighted by molar-refractivity contribution is 0.194. The molecule has 0 amide bonds. The molecular formula is C14H20Cl2N4. The topological polar surface area (TPSA) is 33.1 Å². The number of nitrogens with zero attached hydrogens (tertiary/aromatic N) is 3. The first-order chi connectivity index (χ1) is 9.13. The molecule has 1 aromatic heterocycles. The van der Waals surface area contributed by atoms with Crippen LogP contribution in [0.2, 0.25) is 5.02 Å². The van der Waals surface area contributed by atoms with Gasteiger partial charge in [-0.25, -0.2) is 4.98 Å². The summed E-state index contributed by atoms with van der Waals surface area (Å²) in [5.74, 6) is 1.10. The summed E-state index contributed by atoms with van der Waals surface area (Å²) >= 11 is 6.05. The van der Waals surface area contributed by atoms with Crippen molar-refractivity contribution in [1.82, 2.24) is 19.8 Å². The Kier molecular flexibility index (Phi) is 4.91. The van der Waals surface area contributed by atoms with Gasteiger partial charge >= 0.3 is 0 Å². The van der Waals surface area contributed by atoms with Crippen molar-refractivity contribution in [2.24, 2.45) is 7.05 Å². The fraction of sp³-hybridized carbons (Fsp3) is 0.500. The van der Waals surface area contributed by atoms with Crippen LogP contribution in [-0.4, -0.2) is 40.1 Å². The predicted molar refractivity (Wildman–Crippen MR) is 85.7 cm³/mol. The lowest BCUT2D eigenvalue weighted by Crippen LogP contribution is -2.48. The number of hydrogen-bond donors (Lipinski definition) is 1. The lowest BCUT2D eigenvalue weighted by atomic mass is 10.2. The first kappa shape index (κ1) is 15.6. The van der Waals surface area contributed by atoms with Gasteiger partial charge in [-0.3, -0.25) is 4.90 Å². The lowest BCUT2D eigenvalue weighted by Gasteiger charge is -2.31. The number of fused-ring (bicyclic) bond motifs is 1. The smallest absolute Gasteiger partial charge is 0.123 e. The van der Waals surface area contributed by atoms with E-state index in [4.69, 9.17) is 16.6 Å². The highest BCUT2D eigenvalue weighted by molar-refractivity contribution is 6.31. The minimum Gasteiger partial charge on any atom is -0.330 e. The van der Waals surface area contributed by atoms with Gasteiger partial charge in [0.05, 0.1) is 17.6 Å². The van der Waals surface area contributed by atoms with Crippen LogP contribution >= 0.6 is 24.0 Å². The summed E-state index contributed by atoms with van der Waals surface area (Å²) in [5, 5.41) is 4.22. The van der Waals surface area contributed by atoms with Crippen LogP contribution in [0.15, 0.2) is 18.2 Å². The van der Waals surface area contributed by atoms with Crippen molar-refractivity contribution in [3.8, 4) is 0 Å². The zero-order valence-electron chi connectivity index (χ0n) is 11.8. The van der Waals surface area contributed by atoms with Crippen LogP contribution in [0.25, 0.3) is 11.0 Å². The fourth-order valence-corrected chi connectivity index (χ4v) is 2.88. The van der Waals surface area contributed by atoms with Gasteiger partial charge in [0, 0.05) is 37.7 Å². The van der Waals surface area contributed by atoms with Crippen LogP contribution < -0.4 is 5.32 Å². The number of halogens is 2. The maximum Gasteiger partial charge on any atom is 0.123 e. The van der Waals surface area contributed by atoms with Crippen LogP contribution in [0.4, 0.5) is 0 Å². The molecule has 1 N–H and O–H groups in total. The van der Waals surface area contributed by atoms with E-state index in [-0.39, 0.29) is 12.4 Å². The average Bonchev–Trinajstić information content (AvgIpc) is 2.67. The van der Waals surface area contributed by atoms with Gasteiger partial charge in [-0.15, -0.1) is 12.4 Å². The second kappa shape index (κ2) is 6.31. The van der Waals surface area contributed by atoms with Crippen molar-refractivity contribution < 1.29 is 0 Å². The summed E-state index contributed by atoms with van der Waals surface area (Å²) in [4.78, 5) is 7.16. The molecule has 110 valence electrons. The molecule has 1 fully saturated rings. The monoisotopic (exact) mass is 314 g/mol. The molecule has 0 saturated carbocycles. The highest BCUT2D eigenvalue weighted by Crippen LogP contribution is 2.20. The summed E-state index contributed by atoms with van der Waals surface area (Å²) in [6.07, 6.45) is 0. The Labute approximate surface area is 130 Å². The van der Waals surface area contributed by atoms with Crippen LogP contribution in [0.5, 0.6) is 0 Å². The first-order valence-corrected chi connectivity index (χ1v) is 7.08. The highest BCUT2D eigenvalue weighted by Gasteiger charge is 2.18. The molecule has 0 spiro atoms. The maximum atomic E-state index is 6.05. The van der Waals surface area contributed by atoms with Crippen molar-refractivity contribution in [3.63, 3.8) is 0 Å². The Balaban J connectivity index is 0.00000147. The van der Waals surface area contributed by atoms with E-state index in [0.29, 0.717) is 6.04 Å².